The molecule has 0 fully saturated rings. The first-order chi connectivity index (χ1) is 9.66. The Kier molecular flexibility index (Phi) is 1.35. The lowest BCUT2D eigenvalue weighted by Crippen LogP contribution is -1.89. The van der Waals surface area contributed by atoms with E-state index in [1.54, 1.807) is 48.5 Å². The summed E-state index contributed by atoms with van der Waals surface area (Å²) in [6.07, 6.45) is 0. The van der Waals surface area contributed by atoms with E-state index < -0.39 is 13.7 Å². The van der Waals surface area contributed by atoms with E-state index in [0.717, 1.165) is 11.4 Å². The number of aryl methyl sites for hydroxylation is 2. The molecule has 0 aliphatic heterocycles. The second kappa shape index (κ2) is 4.18. The van der Waals surface area contributed by atoms with Gasteiger partial charge < -0.3 is 5.32 Å². The number of hydrogen-bond acceptors (Lipinski definition) is 1. The fraction of sp³-hybridized carbons (Fsp3) is 0.143. The molecular formula is C14H15N. The summed E-state index contributed by atoms with van der Waals surface area (Å²) in [6.45, 7) is -4.22. The van der Waals surface area contributed by atoms with Crippen LogP contribution in [-0.4, -0.2) is 0 Å². The molecule has 15 heavy (non-hydrogen) atoms. The SMILES string of the molecule is [2H]C([2H])([2H])c1ccc(Nc2ccc(C([2H])([2H])[2H])cc2)cc1. The Hall–Kier alpha value is -1.76. The van der Waals surface area contributed by atoms with Gasteiger partial charge in [0.15, 0.2) is 0 Å². The second-order valence-corrected chi connectivity index (χ2v) is 3.28. The Labute approximate surface area is 99.2 Å². The van der Waals surface area contributed by atoms with E-state index >= 15 is 0 Å². The van der Waals surface area contributed by atoms with Crippen molar-refractivity contribution in [3.05, 3.63) is 59.7 Å². The van der Waals surface area contributed by atoms with Gasteiger partial charge in [0, 0.05) is 19.6 Å². The molecule has 0 atom stereocenters. The lowest BCUT2D eigenvalue weighted by Gasteiger charge is -2.06. The number of anilines is 2. The molecule has 0 radical (unpaired) electrons. The first-order valence-corrected chi connectivity index (χ1v) is 4.64. The maximum Gasteiger partial charge on any atom is 0.0384 e. The molecule has 2 rings (SSSR count). The average Bonchev–Trinajstić information content (AvgIpc) is 2.38. The Bertz CT molecular complexity index is 540. The quantitative estimate of drug-likeness (QED) is 0.776. The Morgan fingerprint density at radius 1 is 0.733 bits per heavy atom. The number of rotatable bonds is 2. The van der Waals surface area contributed by atoms with Crippen molar-refractivity contribution in [2.45, 2.75) is 13.7 Å². The molecule has 0 aliphatic rings. The molecule has 2 aromatic carbocycles. The highest BCUT2D eigenvalue weighted by Crippen LogP contribution is 2.17. The minimum atomic E-state index is -2.11. The molecular weight excluding hydrogens is 182 g/mol. The zero-order chi connectivity index (χ0) is 15.7. The minimum absolute atomic E-state index is 0.283. The van der Waals surface area contributed by atoms with E-state index in [2.05, 4.69) is 5.32 Å². The van der Waals surface area contributed by atoms with Crippen molar-refractivity contribution in [1.82, 2.24) is 0 Å². The summed E-state index contributed by atoms with van der Waals surface area (Å²) in [5.74, 6) is 0. The van der Waals surface area contributed by atoms with Crippen LogP contribution in [0.1, 0.15) is 19.4 Å². The van der Waals surface area contributed by atoms with Gasteiger partial charge in [-0.2, -0.15) is 0 Å². The van der Waals surface area contributed by atoms with Crippen LogP contribution in [0.25, 0.3) is 0 Å². The smallest absolute Gasteiger partial charge is 0.0384 e. The molecule has 0 aromatic heterocycles. The van der Waals surface area contributed by atoms with Gasteiger partial charge in [-0.1, -0.05) is 35.4 Å². The highest BCUT2D eigenvalue weighted by Gasteiger charge is 1.93. The van der Waals surface area contributed by atoms with Gasteiger partial charge in [-0.05, 0) is 38.0 Å². The second-order valence-electron chi connectivity index (χ2n) is 3.28. The largest absolute Gasteiger partial charge is 0.356 e. The van der Waals surface area contributed by atoms with E-state index in [1.807, 2.05) is 0 Å². The zero-order valence-corrected chi connectivity index (χ0v) is 8.12. The normalized spacial score (nSPS) is 17.6. The summed E-state index contributed by atoms with van der Waals surface area (Å²) >= 11 is 0. The van der Waals surface area contributed by atoms with Crippen LogP contribution in [0, 0.1) is 13.7 Å². The molecule has 1 heteroatoms. The van der Waals surface area contributed by atoms with Gasteiger partial charge in [-0.15, -0.1) is 0 Å². The topological polar surface area (TPSA) is 12.0 Å². The molecule has 0 bridgehead atoms. The van der Waals surface area contributed by atoms with Crippen molar-refractivity contribution in [3.8, 4) is 0 Å². The Balaban J connectivity index is 2.12. The standard InChI is InChI=1S/C14H15N/c1-11-3-7-13(8-4-11)15-14-9-5-12(2)6-10-14/h3-10,15H,1-2H3/i1D3,2D3. The van der Waals surface area contributed by atoms with E-state index in [9.17, 15) is 0 Å². The third-order valence-electron chi connectivity index (χ3n) is 2.06. The summed E-state index contributed by atoms with van der Waals surface area (Å²) in [6, 6.07) is 12.9. The van der Waals surface area contributed by atoms with Crippen LogP contribution in [0.4, 0.5) is 11.4 Å². The molecule has 0 aliphatic carbocycles. The molecule has 0 amide bonds. The fourth-order valence-corrected chi connectivity index (χ4v) is 1.27. The van der Waals surface area contributed by atoms with Crippen LogP contribution in [0.15, 0.2) is 48.5 Å². The summed E-state index contributed by atoms with van der Waals surface area (Å²) in [4.78, 5) is 0. The summed E-state index contributed by atoms with van der Waals surface area (Å²) in [7, 11) is 0. The first kappa shape index (κ1) is 4.84. The van der Waals surface area contributed by atoms with Crippen LogP contribution >= 0.6 is 0 Å². The third-order valence-corrected chi connectivity index (χ3v) is 2.06. The van der Waals surface area contributed by atoms with Gasteiger partial charge in [0.2, 0.25) is 0 Å². The predicted molar refractivity (Wildman–Crippen MR) is 65.6 cm³/mol. The molecule has 0 spiro atoms. The maximum absolute atomic E-state index is 7.31. The molecule has 0 saturated carbocycles. The molecule has 0 unspecified atom stereocenters. The molecule has 0 heterocycles. The average molecular weight is 203 g/mol. The lowest BCUT2D eigenvalue weighted by atomic mass is 10.2. The van der Waals surface area contributed by atoms with Crippen LogP contribution in [0.2, 0.25) is 0 Å². The first-order valence-electron chi connectivity index (χ1n) is 7.64. The molecule has 1 N–H and O–H groups in total. The zero-order valence-electron chi connectivity index (χ0n) is 14.1. The van der Waals surface area contributed by atoms with Crippen LogP contribution in [-0.2, 0) is 0 Å². The predicted octanol–water partition coefficient (Wildman–Crippen LogP) is 4.05. The van der Waals surface area contributed by atoms with Crippen LogP contribution < -0.4 is 5.32 Å². The lowest BCUT2D eigenvalue weighted by molar-refractivity contribution is 1.43. The molecule has 2 aromatic rings. The van der Waals surface area contributed by atoms with E-state index in [-0.39, 0.29) is 11.1 Å². The van der Waals surface area contributed by atoms with Crippen LogP contribution in [0.5, 0.6) is 0 Å². The maximum atomic E-state index is 7.31. The van der Waals surface area contributed by atoms with Crippen molar-refractivity contribution in [1.29, 1.82) is 0 Å². The Morgan fingerprint density at radius 2 is 1.13 bits per heavy atom. The van der Waals surface area contributed by atoms with Gasteiger partial charge in [-0.25, -0.2) is 0 Å². The van der Waals surface area contributed by atoms with Crippen molar-refractivity contribution < 1.29 is 8.22 Å². The number of hydrogen-bond donors (Lipinski definition) is 1. The van der Waals surface area contributed by atoms with Gasteiger partial charge in [0.1, 0.15) is 0 Å². The van der Waals surface area contributed by atoms with E-state index in [0.29, 0.717) is 0 Å². The fourth-order valence-electron chi connectivity index (χ4n) is 1.27. The number of nitrogens with one attached hydrogen (secondary N) is 1. The summed E-state index contributed by atoms with van der Waals surface area (Å²) in [5.41, 5.74) is 2.05. The summed E-state index contributed by atoms with van der Waals surface area (Å²) in [5, 5.41) is 3.09. The van der Waals surface area contributed by atoms with E-state index in [4.69, 9.17) is 8.22 Å². The van der Waals surface area contributed by atoms with Gasteiger partial charge in [0.25, 0.3) is 0 Å². The highest BCUT2D eigenvalue weighted by molar-refractivity contribution is 5.59. The third kappa shape index (κ3) is 2.59. The van der Waals surface area contributed by atoms with Crippen LogP contribution in [0.3, 0.4) is 0 Å². The van der Waals surface area contributed by atoms with Crippen molar-refractivity contribution in [2.75, 3.05) is 5.32 Å². The molecule has 76 valence electrons. The molecule has 1 nitrogen and oxygen atoms in total. The Morgan fingerprint density at radius 3 is 1.47 bits per heavy atom. The van der Waals surface area contributed by atoms with Crippen molar-refractivity contribution >= 4 is 11.4 Å². The van der Waals surface area contributed by atoms with E-state index in [1.165, 1.54) is 0 Å². The monoisotopic (exact) mass is 203 g/mol. The molecule has 0 saturated heterocycles. The number of benzene rings is 2. The highest BCUT2D eigenvalue weighted by atomic mass is 14.9. The summed E-state index contributed by atoms with van der Waals surface area (Å²) < 4.78 is 43.8. The van der Waals surface area contributed by atoms with Gasteiger partial charge in [0.05, 0.1) is 0 Å². The van der Waals surface area contributed by atoms with Gasteiger partial charge in [-0.3, -0.25) is 0 Å². The van der Waals surface area contributed by atoms with Gasteiger partial charge >= 0.3 is 0 Å². The van der Waals surface area contributed by atoms with Crippen molar-refractivity contribution in [2.24, 2.45) is 0 Å². The van der Waals surface area contributed by atoms with Crippen molar-refractivity contribution in [3.63, 3.8) is 0 Å². The minimum Gasteiger partial charge on any atom is -0.356 e.